The van der Waals surface area contributed by atoms with Crippen molar-refractivity contribution in [2.45, 2.75) is 31.5 Å². The molecule has 1 aliphatic heterocycles. The summed E-state index contributed by atoms with van der Waals surface area (Å²) in [6.07, 6.45) is -2.25. The van der Waals surface area contributed by atoms with E-state index in [1.807, 2.05) is 6.07 Å². The van der Waals surface area contributed by atoms with Crippen molar-refractivity contribution in [3.8, 4) is 11.3 Å². The van der Waals surface area contributed by atoms with Crippen LogP contribution in [0.15, 0.2) is 48.9 Å². The molecule has 12 heteroatoms. The molecule has 1 unspecified atom stereocenters. The van der Waals surface area contributed by atoms with E-state index in [4.69, 9.17) is 0 Å². The van der Waals surface area contributed by atoms with Crippen LogP contribution >= 0.6 is 0 Å². The smallest absolute Gasteiger partial charge is 0.352 e. The number of aromatic nitrogens is 4. The number of carbonyl (C=O) groups is 1. The van der Waals surface area contributed by atoms with E-state index in [1.165, 1.54) is 10.9 Å². The first-order valence-corrected chi connectivity index (χ1v) is 10.9. The Hall–Kier alpha value is -3.57. The van der Waals surface area contributed by atoms with Gasteiger partial charge in [0, 0.05) is 44.2 Å². The van der Waals surface area contributed by atoms with Crippen molar-refractivity contribution < 1.29 is 26.7 Å². The highest BCUT2D eigenvalue weighted by Gasteiger charge is 2.46. The van der Waals surface area contributed by atoms with Crippen molar-refractivity contribution in [3.05, 3.63) is 60.0 Å². The summed E-state index contributed by atoms with van der Waals surface area (Å²) in [5.41, 5.74) is 0.216. The lowest BCUT2D eigenvalue weighted by Gasteiger charge is -2.43. The molecule has 1 aromatic carbocycles. The van der Waals surface area contributed by atoms with Gasteiger partial charge in [0.2, 0.25) is 5.95 Å². The number of benzene rings is 1. The van der Waals surface area contributed by atoms with Crippen LogP contribution in [-0.4, -0.2) is 55.6 Å². The molecule has 2 aromatic heterocycles. The normalized spacial score (nSPS) is 20.0. The van der Waals surface area contributed by atoms with Gasteiger partial charge in [-0.05, 0) is 5.92 Å². The zero-order valence-corrected chi connectivity index (χ0v) is 18.9. The Bertz CT molecular complexity index is 1180. The van der Waals surface area contributed by atoms with Crippen LogP contribution in [0.3, 0.4) is 0 Å². The average Bonchev–Trinajstić information content (AvgIpc) is 3.19. The molecule has 0 spiro atoms. The van der Waals surface area contributed by atoms with Crippen LogP contribution in [0.25, 0.3) is 11.3 Å². The largest absolute Gasteiger partial charge is 0.419 e. The molecule has 0 aliphatic carbocycles. The highest BCUT2D eigenvalue weighted by molar-refractivity contribution is 6.00. The fourth-order valence-corrected chi connectivity index (χ4v) is 4.25. The van der Waals surface area contributed by atoms with Crippen LogP contribution < -0.4 is 5.32 Å². The molecule has 1 fully saturated rings. The number of rotatable bonds is 5. The second-order valence-electron chi connectivity index (χ2n) is 8.64. The van der Waals surface area contributed by atoms with Gasteiger partial charge in [0.1, 0.15) is 5.69 Å². The van der Waals surface area contributed by atoms with Crippen molar-refractivity contribution in [2.24, 2.45) is 13.0 Å². The maximum Gasteiger partial charge on any atom is 0.419 e. The first-order chi connectivity index (χ1) is 16.4. The van der Waals surface area contributed by atoms with Gasteiger partial charge < -0.3 is 10.2 Å². The predicted octanol–water partition coefficient (Wildman–Crippen LogP) is 4.49. The van der Waals surface area contributed by atoms with Crippen LogP contribution in [0.1, 0.15) is 29.3 Å². The van der Waals surface area contributed by atoms with Gasteiger partial charge in [0.05, 0.1) is 23.7 Å². The fraction of sp³-hybridized carbons (Fsp3) is 0.391. The van der Waals surface area contributed by atoms with Gasteiger partial charge in [-0.3, -0.25) is 9.48 Å². The van der Waals surface area contributed by atoms with Crippen molar-refractivity contribution in [1.29, 1.82) is 0 Å². The van der Waals surface area contributed by atoms with Crippen molar-refractivity contribution in [1.82, 2.24) is 24.6 Å². The van der Waals surface area contributed by atoms with Gasteiger partial charge in [-0.1, -0.05) is 37.3 Å². The summed E-state index contributed by atoms with van der Waals surface area (Å²) in [6.45, 7) is 0.795. The Labute approximate surface area is 198 Å². The monoisotopic (exact) mass is 494 g/mol. The summed E-state index contributed by atoms with van der Waals surface area (Å²) in [7, 11) is 1.64. The Kier molecular flexibility index (Phi) is 6.48. The van der Waals surface area contributed by atoms with E-state index in [1.54, 1.807) is 38.2 Å². The highest BCUT2D eigenvalue weighted by Crippen LogP contribution is 2.36. The first-order valence-electron chi connectivity index (χ1n) is 10.9. The zero-order valence-electron chi connectivity index (χ0n) is 18.9. The standard InChI is InChI=1S/C23H23F5N6O/c1-14-8-22(24,25)13-34(18(14)11-31-21-29-9-16(10-30-21)23(26,27)28)20(35)17-12-33(2)32-19(17)15-6-4-3-5-7-15/h3-7,9-10,12,14,18H,8,11,13H2,1-2H3,(H,29,30,31)/t14-,18?/m1/s1. The topological polar surface area (TPSA) is 75.9 Å². The lowest BCUT2D eigenvalue weighted by molar-refractivity contribution is -0.138. The van der Waals surface area contributed by atoms with E-state index in [0.717, 1.165) is 4.90 Å². The molecule has 0 saturated carbocycles. The number of hydrogen-bond donors (Lipinski definition) is 1. The number of halogens is 5. The van der Waals surface area contributed by atoms with Crippen LogP contribution in [-0.2, 0) is 13.2 Å². The third kappa shape index (κ3) is 5.41. The van der Waals surface area contributed by atoms with E-state index in [-0.39, 0.29) is 18.1 Å². The van der Waals surface area contributed by atoms with E-state index >= 15 is 0 Å². The highest BCUT2D eigenvalue weighted by atomic mass is 19.4. The SMILES string of the molecule is C[C@@H]1CC(F)(F)CN(C(=O)c2cn(C)nc2-c2ccccc2)C1CNc1ncc(C(F)(F)F)cn1. The van der Waals surface area contributed by atoms with Gasteiger partial charge in [0.15, 0.2) is 0 Å². The summed E-state index contributed by atoms with van der Waals surface area (Å²) < 4.78 is 68.8. The second-order valence-corrected chi connectivity index (χ2v) is 8.64. The minimum atomic E-state index is -4.58. The van der Waals surface area contributed by atoms with Gasteiger partial charge in [0.25, 0.3) is 11.8 Å². The molecule has 0 radical (unpaired) electrons. The quantitative estimate of drug-likeness (QED) is 0.529. The maximum atomic E-state index is 14.5. The third-order valence-corrected chi connectivity index (χ3v) is 5.90. The summed E-state index contributed by atoms with van der Waals surface area (Å²) in [5, 5.41) is 7.14. The molecule has 1 amide bonds. The molecule has 2 atom stereocenters. The van der Waals surface area contributed by atoms with E-state index in [9.17, 15) is 26.7 Å². The second kappa shape index (κ2) is 9.23. The van der Waals surface area contributed by atoms with E-state index in [0.29, 0.717) is 23.7 Å². The van der Waals surface area contributed by atoms with E-state index in [2.05, 4.69) is 20.4 Å². The molecule has 1 saturated heterocycles. The molecular formula is C23H23F5N6O. The van der Waals surface area contributed by atoms with Crippen LogP contribution in [0.5, 0.6) is 0 Å². The molecular weight excluding hydrogens is 471 g/mol. The molecule has 1 N–H and O–H groups in total. The number of nitrogens with zero attached hydrogens (tertiary/aromatic N) is 5. The summed E-state index contributed by atoms with van der Waals surface area (Å²) >= 11 is 0. The number of piperidine rings is 1. The summed E-state index contributed by atoms with van der Waals surface area (Å²) in [4.78, 5) is 22.0. The summed E-state index contributed by atoms with van der Waals surface area (Å²) in [5.74, 6) is -4.41. The van der Waals surface area contributed by atoms with Gasteiger partial charge in [-0.25, -0.2) is 18.7 Å². The predicted molar refractivity (Wildman–Crippen MR) is 118 cm³/mol. The molecule has 1 aliphatic rings. The Morgan fingerprint density at radius 1 is 1.17 bits per heavy atom. The van der Waals surface area contributed by atoms with Crippen molar-refractivity contribution in [3.63, 3.8) is 0 Å². The van der Waals surface area contributed by atoms with Crippen molar-refractivity contribution in [2.75, 3.05) is 18.4 Å². The molecule has 3 aromatic rings. The number of carbonyl (C=O) groups excluding carboxylic acids is 1. The molecule has 186 valence electrons. The minimum absolute atomic E-state index is 0.0186. The van der Waals surface area contributed by atoms with Crippen LogP contribution in [0.4, 0.5) is 27.9 Å². The van der Waals surface area contributed by atoms with Gasteiger partial charge in [-0.2, -0.15) is 18.3 Å². The van der Waals surface area contributed by atoms with Gasteiger partial charge in [-0.15, -0.1) is 0 Å². The minimum Gasteiger partial charge on any atom is -0.352 e. The number of hydrogen-bond acceptors (Lipinski definition) is 5. The summed E-state index contributed by atoms with van der Waals surface area (Å²) in [6, 6.07) is 8.24. The molecule has 0 bridgehead atoms. The number of aryl methyl sites for hydroxylation is 1. The number of anilines is 1. The van der Waals surface area contributed by atoms with Crippen LogP contribution in [0, 0.1) is 5.92 Å². The fourth-order valence-electron chi connectivity index (χ4n) is 4.25. The first kappa shape index (κ1) is 24.6. The third-order valence-electron chi connectivity index (χ3n) is 5.90. The van der Waals surface area contributed by atoms with Crippen LogP contribution in [0.2, 0.25) is 0 Å². The zero-order chi connectivity index (χ0) is 25.4. The van der Waals surface area contributed by atoms with Gasteiger partial charge >= 0.3 is 6.18 Å². The number of alkyl halides is 5. The average molecular weight is 494 g/mol. The lowest BCUT2D eigenvalue weighted by Crippen LogP contribution is -2.57. The molecule has 35 heavy (non-hydrogen) atoms. The maximum absolute atomic E-state index is 14.5. The number of likely N-dealkylation sites (tertiary alicyclic amines) is 1. The molecule has 3 heterocycles. The molecule has 4 rings (SSSR count). The number of nitrogens with one attached hydrogen (secondary N) is 1. The Morgan fingerprint density at radius 2 is 1.83 bits per heavy atom. The Balaban J connectivity index is 1.60. The Morgan fingerprint density at radius 3 is 2.46 bits per heavy atom. The molecule has 7 nitrogen and oxygen atoms in total. The van der Waals surface area contributed by atoms with E-state index < -0.39 is 48.5 Å². The lowest BCUT2D eigenvalue weighted by atomic mass is 9.87. The number of amides is 1. The van der Waals surface area contributed by atoms with Crippen molar-refractivity contribution >= 4 is 11.9 Å².